The molecule has 0 spiro atoms. The van der Waals surface area contributed by atoms with Crippen molar-refractivity contribution in [3.05, 3.63) is 47.8 Å². The van der Waals surface area contributed by atoms with Crippen LogP contribution in [-0.4, -0.2) is 46.4 Å². The predicted molar refractivity (Wildman–Crippen MR) is 76.1 cm³/mol. The Bertz CT molecular complexity index is 512. The lowest BCUT2D eigenvalue weighted by atomic mass is 10.2. The molecule has 20 heavy (non-hydrogen) atoms. The molecule has 0 aliphatic heterocycles. The molecule has 0 radical (unpaired) electrons. The van der Waals surface area contributed by atoms with Crippen molar-refractivity contribution in [3.63, 3.8) is 0 Å². The highest BCUT2D eigenvalue weighted by Crippen LogP contribution is 2.02. The molecule has 6 nitrogen and oxygen atoms in total. The number of rotatable bonds is 7. The third-order valence-electron chi connectivity index (χ3n) is 2.95. The summed E-state index contributed by atoms with van der Waals surface area (Å²) in [5.74, 6) is -0.190. The number of aromatic nitrogens is 3. The highest BCUT2D eigenvalue weighted by Gasteiger charge is 2.07. The summed E-state index contributed by atoms with van der Waals surface area (Å²) < 4.78 is 0. The van der Waals surface area contributed by atoms with Crippen molar-refractivity contribution in [2.24, 2.45) is 0 Å². The fourth-order valence-corrected chi connectivity index (χ4v) is 1.93. The summed E-state index contributed by atoms with van der Waals surface area (Å²) in [7, 11) is 2.08. The maximum atomic E-state index is 11.6. The molecule has 1 aromatic heterocycles. The van der Waals surface area contributed by atoms with Crippen LogP contribution in [0.15, 0.2) is 36.5 Å². The Balaban J connectivity index is 1.62. The molecular formula is C14H19N5O. The summed E-state index contributed by atoms with van der Waals surface area (Å²) in [5.41, 5.74) is 1.62. The minimum atomic E-state index is -0.190. The van der Waals surface area contributed by atoms with Crippen molar-refractivity contribution < 1.29 is 4.79 Å². The van der Waals surface area contributed by atoms with Crippen molar-refractivity contribution in [3.8, 4) is 0 Å². The van der Waals surface area contributed by atoms with Crippen LogP contribution >= 0.6 is 0 Å². The largest absolute Gasteiger partial charge is 0.351 e. The first kappa shape index (κ1) is 14.2. The van der Waals surface area contributed by atoms with Gasteiger partial charge in [-0.15, -0.1) is 0 Å². The molecule has 0 unspecified atom stereocenters. The van der Waals surface area contributed by atoms with Crippen molar-refractivity contribution in [2.75, 3.05) is 20.1 Å². The van der Waals surface area contributed by atoms with Crippen LogP contribution in [0.3, 0.4) is 0 Å². The van der Waals surface area contributed by atoms with E-state index in [0.717, 1.165) is 19.5 Å². The third-order valence-corrected chi connectivity index (χ3v) is 2.95. The van der Waals surface area contributed by atoms with E-state index >= 15 is 0 Å². The van der Waals surface area contributed by atoms with Crippen LogP contribution in [0.25, 0.3) is 0 Å². The monoisotopic (exact) mass is 273 g/mol. The average molecular weight is 273 g/mol. The number of nitrogens with zero attached hydrogens (tertiary/aromatic N) is 3. The van der Waals surface area contributed by atoms with Gasteiger partial charge in [0.1, 0.15) is 0 Å². The van der Waals surface area contributed by atoms with Gasteiger partial charge in [0, 0.05) is 13.1 Å². The van der Waals surface area contributed by atoms with Gasteiger partial charge >= 0.3 is 0 Å². The fraction of sp³-hybridized carbons (Fsp3) is 0.357. The molecule has 0 atom stereocenters. The molecule has 0 saturated heterocycles. The van der Waals surface area contributed by atoms with Gasteiger partial charge in [0.25, 0.3) is 5.91 Å². The van der Waals surface area contributed by atoms with Crippen LogP contribution in [0.1, 0.15) is 22.5 Å². The van der Waals surface area contributed by atoms with Gasteiger partial charge in [-0.05, 0) is 25.6 Å². The predicted octanol–water partition coefficient (Wildman–Crippen LogP) is 1.06. The maximum Gasteiger partial charge on any atom is 0.273 e. The second-order valence-electron chi connectivity index (χ2n) is 4.69. The topological polar surface area (TPSA) is 73.9 Å². The number of benzene rings is 1. The zero-order chi connectivity index (χ0) is 14.2. The zero-order valence-corrected chi connectivity index (χ0v) is 11.5. The maximum absolute atomic E-state index is 11.6. The van der Waals surface area contributed by atoms with Crippen molar-refractivity contribution in [2.45, 2.75) is 13.0 Å². The summed E-state index contributed by atoms with van der Waals surface area (Å²) in [4.78, 5) is 13.8. The molecule has 1 amide bonds. The molecule has 2 N–H and O–H groups in total. The first-order valence-corrected chi connectivity index (χ1v) is 6.62. The Labute approximate surface area is 118 Å². The van der Waals surface area contributed by atoms with E-state index in [1.807, 2.05) is 18.2 Å². The Morgan fingerprint density at radius 1 is 1.35 bits per heavy atom. The van der Waals surface area contributed by atoms with E-state index in [9.17, 15) is 4.79 Å². The van der Waals surface area contributed by atoms with Gasteiger partial charge in [0.15, 0.2) is 5.69 Å². The number of carbonyl (C=O) groups is 1. The van der Waals surface area contributed by atoms with Gasteiger partial charge in [-0.1, -0.05) is 30.3 Å². The first-order valence-electron chi connectivity index (χ1n) is 6.62. The van der Waals surface area contributed by atoms with Gasteiger partial charge in [-0.2, -0.15) is 15.4 Å². The van der Waals surface area contributed by atoms with Crippen molar-refractivity contribution in [1.29, 1.82) is 0 Å². The first-order chi connectivity index (χ1) is 9.75. The van der Waals surface area contributed by atoms with E-state index in [0.29, 0.717) is 12.2 Å². The van der Waals surface area contributed by atoms with E-state index in [2.05, 4.69) is 44.8 Å². The van der Waals surface area contributed by atoms with E-state index in [1.54, 1.807) is 0 Å². The van der Waals surface area contributed by atoms with Crippen molar-refractivity contribution in [1.82, 2.24) is 25.6 Å². The summed E-state index contributed by atoms with van der Waals surface area (Å²) in [6.07, 6.45) is 2.31. The van der Waals surface area contributed by atoms with Crippen LogP contribution in [0.2, 0.25) is 0 Å². The van der Waals surface area contributed by atoms with Gasteiger partial charge < -0.3 is 10.2 Å². The van der Waals surface area contributed by atoms with E-state index in [4.69, 9.17) is 0 Å². The lowest BCUT2D eigenvalue weighted by Gasteiger charge is -2.16. The molecule has 0 aliphatic rings. The molecule has 0 bridgehead atoms. The number of H-pyrrole nitrogens is 1. The summed E-state index contributed by atoms with van der Waals surface area (Å²) in [5, 5.41) is 12.6. The molecular weight excluding hydrogens is 254 g/mol. The van der Waals surface area contributed by atoms with Gasteiger partial charge in [0.05, 0.1) is 6.20 Å². The summed E-state index contributed by atoms with van der Waals surface area (Å²) in [6, 6.07) is 10.3. The van der Waals surface area contributed by atoms with Crippen molar-refractivity contribution >= 4 is 5.91 Å². The van der Waals surface area contributed by atoms with Crippen LogP contribution in [-0.2, 0) is 6.54 Å². The second kappa shape index (κ2) is 7.40. The molecule has 0 fully saturated rings. The minimum Gasteiger partial charge on any atom is -0.351 e. The van der Waals surface area contributed by atoms with Crippen LogP contribution in [0, 0.1) is 0 Å². The number of nitrogens with one attached hydrogen (secondary N) is 2. The normalized spacial score (nSPS) is 10.7. The standard InChI is InChI=1S/C14H19N5O/c1-19(11-12-6-3-2-4-7-12)9-5-8-15-14(20)13-10-16-18-17-13/h2-4,6-7,10H,5,8-9,11H2,1H3,(H,15,20)(H,16,17,18). The summed E-state index contributed by atoms with van der Waals surface area (Å²) in [6.45, 7) is 2.47. The second-order valence-corrected chi connectivity index (χ2v) is 4.69. The van der Waals surface area contributed by atoms with E-state index in [1.165, 1.54) is 11.8 Å². The number of hydrogen-bond acceptors (Lipinski definition) is 4. The van der Waals surface area contributed by atoms with Gasteiger partial charge in [-0.25, -0.2) is 0 Å². The zero-order valence-electron chi connectivity index (χ0n) is 11.5. The SMILES string of the molecule is CN(CCCNC(=O)c1cn[nH]n1)Cc1ccccc1. The quantitative estimate of drug-likeness (QED) is 0.740. The highest BCUT2D eigenvalue weighted by molar-refractivity contribution is 5.91. The molecule has 2 rings (SSSR count). The third kappa shape index (κ3) is 4.47. The Morgan fingerprint density at radius 3 is 2.85 bits per heavy atom. The smallest absolute Gasteiger partial charge is 0.273 e. The number of amides is 1. The number of aromatic amines is 1. The lowest BCUT2D eigenvalue weighted by Crippen LogP contribution is -2.28. The van der Waals surface area contributed by atoms with Crippen LogP contribution < -0.4 is 5.32 Å². The average Bonchev–Trinajstić information content (AvgIpc) is 2.99. The molecule has 2 aromatic rings. The van der Waals surface area contributed by atoms with Crippen LogP contribution in [0.5, 0.6) is 0 Å². The number of carbonyl (C=O) groups excluding carboxylic acids is 1. The molecule has 1 aromatic carbocycles. The number of hydrogen-bond donors (Lipinski definition) is 2. The molecule has 0 saturated carbocycles. The Hall–Kier alpha value is -2.21. The van der Waals surface area contributed by atoms with E-state index < -0.39 is 0 Å². The summed E-state index contributed by atoms with van der Waals surface area (Å²) >= 11 is 0. The Morgan fingerprint density at radius 2 is 2.15 bits per heavy atom. The lowest BCUT2D eigenvalue weighted by molar-refractivity contribution is 0.0947. The Kier molecular flexibility index (Phi) is 5.25. The fourth-order valence-electron chi connectivity index (χ4n) is 1.93. The van der Waals surface area contributed by atoms with E-state index in [-0.39, 0.29) is 5.91 Å². The minimum absolute atomic E-state index is 0.190. The molecule has 1 heterocycles. The molecule has 6 heteroatoms. The molecule has 0 aliphatic carbocycles. The molecule has 106 valence electrons. The van der Waals surface area contributed by atoms with Crippen LogP contribution in [0.4, 0.5) is 0 Å². The van der Waals surface area contributed by atoms with Gasteiger partial charge in [0.2, 0.25) is 0 Å². The highest BCUT2D eigenvalue weighted by atomic mass is 16.1. The van der Waals surface area contributed by atoms with Gasteiger partial charge in [-0.3, -0.25) is 4.79 Å².